The number of benzene rings is 2. The average molecular weight is 356 g/mol. The summed E-state index contributed by atoms with van der Waals surface area (Å²) in [7, 11) is 1.91. The number of fused-ring (bicyclic) bond motifs is 1. The SMILES string of the molecule is Cc1ccccc1OCCN(C)[C@H](C)C(=O)Nc1ccc2c(c1)OCO2. The van der Waals surface area contributed by atoms with E-state index in [2.05, 4.69) is 5.32 Å². The maximum Gasteiger partial charge on any atom is 0.241 e. The summed E-state index contributed by atoms with van der Waals surface area (Å²) in [5, 5.41) is 2.91. The number of carbonyl (C=O) groups excluding carboxylic acids is 1. The number of ether oxygens (including phenoxy) is 3. The second kappa shape index (κ2) is 8.10. The standard InChI is InChI=1S/C20H24N2O4/c1-14-6-4-5-7-17(14)24-11-10-22(3)15(2)20(23)21-16-8-9-18-19(12-16)26-13-25-18/h4-9,12,15H,10-11,13H2,1-3H3,(H,21,23)/t15-/m1/s1. The molecule has 2 aromatic rings. The Balaban J connectivity index is 1.49. The first-order valence-electron chi connectivity index (χ1n) is 8.64. The molecule has 1 aliphatic rings. The fourth-order valence-electron chi connectivity index (χ4n) is 2.63. The van der Waals surface area contributed by atoms with Gasteiger partial charge >= 0.3 is 0 Å². The van der Waals surface area contributed by atoms with Crippen molar-refractivity contribution in [1.29, 1.82) is 0 Å². The number of aryl methyl sites for hydroxylation is 1. The van der Waals surface area contributed by atoms with Gasteiger partial charge in [-0.3, -0.25) is 9.69 Å². The molecule has 6 heteroatoms. The van der Waals surface area contributed by atoms with E-state index in [0.29, 0.717) is 30.3 Å². The van der Waals surface area contributed by atoms with Crippen LogP contribution in [0.25, 0.3) is 0 Å². The third-order valence-electron chi connectivity index (χ3n) is 4.48. The first kappa shape index (κ1) is 18.1. The van der Waals surface area contributed by atoms with Crippen molar-refractivity contribution >= 4 is 11.6 Å². The van der Waals surface area contributed by atoms with Gasteiger partial charge in [0.25, 0.3) is 0 Å². The molecule has 1 amide bonds. The van der Waals surface area contributed by atoms with E-state index >= 15 is 0 Å². The van der Waals surface area contributed by atoms with Crippen LogP contribution in [0, 0.1) is 6.92 Å². The Morgan fingerprint density at radius 1 is 1.23 bits per heavy atom. The summed E-state index contributed by atoms with van der Waals surface area (Å²) < 4.78 is 16.4. The molecule has 0 aromatic heterocycles. The van der Waals surface area contributed by atoms with Crippen molar-refractivity contribution in [2.75, 3.05) is 32.3 Å². The molecule has 0 radical (unpaired) electrons. The normalized spacial score (nSPS) is 13.5. The summed E-state index contributed by atoms with van der Waals surface area (Å²) in [5.74, 6) is 2.14. The number of likely N-dealkylation sites (N-methyl/N-ethyl adjacent to an activating group) is 1. The first-order valence-corrected chi connectivity index (χ1v) is 8.64. The minimum atomic E-state index is -0.291. The summed E-state index contributed by atoms with van der Waals surface area (Å²) in [4.78, 5) is 14.4. The van der Waals surface area contributed by atoms with Gasteiger partial charge in [-0.05, 0) is 44.7 Å². The molecule has 0 unspecified atom stereocenters. The van der Waals surface area contributed by atoms with E-state index in [1.807, 2.05) is 50.1 Å². The molecule has 26 heavy (non-hydrogen) atoms. The molecular weight excluding hydrogens is 332 g/mol. The van der Waals surface area contributed by atoms with Crippen molar-refractivity contribution in [3.8, 4) is 17.2 Å². The highest BCUT2D eigenvalue weighted by Crippen LogP contribution is 2.34. The van der Waals surface area contributed by atoms with E-state index in [-0.39, 0.29) is 18.7 Å². The molecule has 0 saturated carbocycles. The lowest BCUT2D eigenvalue weighted by Gasteiger charge is -2.24. The molecule has 0 bridgehead atoms. The van der Waals surface area contributed by atoms with Crippen molar-refractivity contribution in [2.45, 2.75) is 19.9 Å². The van der Waals surface area contributed by atoms with Crippen LogP contribution in [-0.2, 0) is 4.79 Å². The predicted octanol–water partition coefficient (Wildman–Crippen LogP) is 3.06. The van der Waals surface area contributed by atoms with Gasteiger partial charge in [0.2, 0.25) is 12.7 Å². The number of hydrogen-bond donors (Lipinski definition) is 1. The largest absolute Gasteiger partial charge is 0.492 e. The zero-order valence-corrected chi connectivity index (χ0v) is 15.3. The lowest BCUT2D eigenvalue weighted by molar-refractivity contribution is -0.120. The number of nitrogens with zero attached hydrogens (tertiary/aromatic N) is 1. The van der Waals surface area contributed by atoms with Gasteiger partial charge in [0.1, 0.15) is 12.4 Å². The number of rotatable bonds is 7. The fraction of sp³-hybridized carbons (Fsp3) is 0.350. The van der Waals surface area contributed by atoms with Gasteiger partial charge in [-0.25, -0.2) is 0 Å². The van der Waals surface area contributed by atoms with E-state index in [0.717, 1.165) is 11.3 Å². The zero-order chi connectivity index (χ0) is 18.5. The highest BCUT2D eigenvalue weighted by Gasteiger charge is 2.20. The van der Waals surface area contributed by atoms with Crippen LogP contribution in [0.4, 0.5) is 5.69 Å². The lowest BCUT2D eigenvalue weighted by Crippen LogP contribution is -2.41. The van der Waals surface area contributed by atoms with Crippen LogP contribution in [-0.4, -0.2) is 43.8 Å². The van der Waals surface area contributed by atoms with Crippen molar-refractivity contribution in [3.63, 3.8) is 0 Å². The summed E-state index contributed by atoms with van der Waals surface area (Å²) in [5.41, 5.74) is 1.79. The fourth-order valence-corrected chi connectivity index (χ4v) is 2.63. The number of amides is 1. The second-order valence-electron chi connectivity index (χ2n) is 6.33. The lowest BCUT2D eigenvalue weighted by atomic mass is 10.2. The number of carbonyl (C=O) groups is 1. The average Bonchev–Trinajstić information content (AvgIpc) is 3.10. The van der Waals surface area contributed by atoms with Gasteiger partial charge in [-0.1, -0.05) is 18.2 Å². The molecule has 138 valence electrons. The van der Waals surface area contributed by atoms with Gasteiger partial charge in [0.05, 0.1) is 6.04 Å². The van der Waals surface area contributed by atoms with Crippen LogP contribution in [0.5, 0.6) is 17.2 Å². The molecule has 3 rings (SSSR count). The Morgan fingerprint density at radius 2 is 2.00 bits per heavy atom. The van der Waals surface area contributed by atoms with Gasteiger partial charge < -0.3 is 19.5 Å². The summed E-state index contributed by atoms with van der Waals surface area (Å²) in [6.45, 7) is 5.26. The molecular formula is C20H24N2O4. The molecule has 0 aliphatic carbocycles. The third-order valence-corrected chi connectivity index (χ3v) is 4.48. The van der Waals surface area contributed by atoms with Crippen molar-refractivity contribution in [2.24, 2.45) is 0 Å². The summed E-state index contributed by atoms with van der Waals surface area (Å²) >= 11 is 0. The van der Waals surface area contributed by atoms with E-state index in [4.69, 9.17) is 14.2 Å². The highest BCUT2D eigenvalue weighted by atomic mass is 16.7. The summed E-state index contributed by atoms with van der Waals surface area (Å²) in [6, 6.07) is 13.0. The van der Waals surface area contributed by atoms with Crippen LogP contribution in [0.1, 0.15) is 12.5 Å². The van der Waals surface area contributed by atoms with Crippen LogP contribution in [0.3, 0.4) is 0 Å². The Morgan fingerprint density at radius 3 is 2.81 bits per heavy atom. The van der Waals surface area contributed by atoms with Crippen molar-refractivity contribution in [3.05, 3.63) is 48.0 Å². The number of hydrogen-bond acceptors (Lipinski definition) is 5. The number of anilines is 1. The van der Waals surface area contributed by atoms with Crippen LogP contribution in [0.15, 0.2) is 42.5 Å². The minimum absolute atomic E-state index is 0.0812. The molecule has 1 atom stereocenters. The molecule has 0 spiro atoms. The second-order valence-corrected chi connectivity index (χ2v) is 6.33. The Bertz CT molecular complexity index is 778. The molecule has 0 fully saturated rings. The highest BCUT2D eigenvalue weighted by molar-refractivity contribution is 5.94. The Kier molecular flexibility index (Phi) is 5.63. The van der Waals surface area contributed by atoms with E-state index < -0.39 is 0 Å². The smallest absolute Gasteiger partial charge is 0.241 e. The molecule has 0 saturated heterocycles. The molecule has 2 aromatic carbocycles. The van der Waals surface area contributed by atoms with E-state index in [1.165, 1.54) is 0 Å². The van der Waals surface area contributed by atoms with Gasteiger partial charge in [-0.2, -0.15) is 0 Å². The van der Waals surface area contributed by atoms with Gasteiger partial charge in [0, 0.05) is 18.3 Å². The topological polar surface area (TPSA) is 60.0 Å². The number of para-hydroxylation sites is 1. The predicted molar refractivity (Wildman–Crippen MR) is 100.0 cm³/mol. The minimum Gasteiger partial charge on any atom is -0.492 e. The summed E-state index contributed by atoms with van der Waals surface area (Å²) in [6.07, 6.45) is 0. The Labute approximate surface area is 153 Å². The van der Waals surface area contributed by atoms with Crippen LogP contribution >= 0.6 is 0 Å². The maximum absolute atomic E-state index is 12.5. The first-order chi connectivity index (χ1) is 12.5. The molecule has 1 aliphatic heterocycles. The Hall–Kier alpha value is -2.73. The monoisotopic (exact) mass is 356 g/mol. The number of nitrogens with one attached hydrogen (secondary N) is 1. The molecule has 1 heterocycles. The third kappa shape index (κ3) is 4.26. The van der Waals surface area contributed by atoms with E-state index in [1.54, 1.807) is 18.2 Å². The van der Waals surface area contributed by atoms with Gasteiger partial charge in [0.15, 0.2) is 11.5 Å². The van der Waals surface area contributed by atoms with Crippen LogP contribution < -0.4 is 19.5 Å². The van der Waals surface area contributed by atoms with Crippen molar-refractivity contribution in [1.82, 2.24) is 4.90 Å². The van der Waals surface area contributed by atoms with Crippen LogP contribution in [0.2, 0.25) is 0 Å². The molecule has 6 nitrogen and oxygen atoms in total. The maximum atomic E-state index is 12.5. The van der Waals surface area contributed by atoms with Crippen molar-refractivity contribution < 1.29 is 19.0 Å². The quantitative estimate of drug-likeness (QED) is 0.826. The van der Waals surface area contributed by atoms with Gasteiger partial charge in [-0.15, -0.1) is 0 Å². The zero-order valence-electron chi connectivity index (χ0n) is 15.3. The van der Waals surface area contributed by atoms with E-state index in [9.17, 15) is 4.79 Å². The molecule has 1 N–H and O–H groups in total.